The van der Waals surface area contributed by atoms with Crippen LogP contribution >= 0.6 is 0 Å². The van der Waals surface area contributed by atoms with E-state index in [4.69, 9.17) is 4.52 Å². The van der Waals surface area contributed by atoms with E-state index in [1.54, 1.807) is 17.0 Å². The van der Waals surface area contributed by atoms with Crippen molar-refractivity contribution >= 4 is 5.91 Å². The second-order valence-electron chi connectivity index (χ2n) is 8.71. The van der Waals surface area contributed by atoms with Crippen molar-refractivity contribution in [3.05, 3.63) is 45.2 Å². The maximum absolute atomic E-state index is 12.7. The SMILES string of the molecule is CC(C)(C)c1ccc(=O)n(CC2CN(C(=O)c3onc4c3CCCC4)C2)n1. The monoisotopic (exact) mass is 370 g/mol. The predicted octanol–water partition coefficient (Wildman–Crippen LogP) is 2.18. The number of carbonyl (C=O) groups is 1. The molecule has 0 unspecified atom stereocenters. The maximum atomic E-state index is 12.7. The van der Waals surface area contributed by atoms with Crippen LogP contribution in [-0.4, -0.2) is 38.8 Å². The number of likely N-dealkylation sites (tertiary alicyclic amines) is 1. The summed E-state index contributed by atoms with van der Waals surface area (Å²) in [5, 5.41) is 8.59. The van der Waals surface area contributed by atoms with E-state index in [2.05, 4.69) is 31.0 Å². The van der Waals surface area contributed by atoms with Crippen LogP contribution in [0.5, 0.6) is 0 Å². The van der Waals surface area contributed by atoms with Crippen LogP contribution in [-0.2, 0) is 24.8 Å². The molecular weight excluding hydrogens is 344 g/mol. The van der Waals surface area contributed by atoms with E-state index in [1.807, 2.05) is 0 Å². The Bertz CT molecular complexity index is 916. The Kier molecular flexibility index (Phi) is 4.40. The van der Waals surface area contributed by atoms with Crippen LogP contribution in [0.25, 0.3) is 0 Å². The highest BCUT2D eigenvalue weighted by Crippen LogP contribution is 2.27. The van der Waals surface area contributed by atoms with E-state index in [-0.39, 0.29) is 22.8 Å². The van der Waals surface area contributed by atoms with E-state index in [0.29, 0.717) is 25.4 Å². The summed E-state index contributed by atoms with van der Waals surface area (Å²) in [5.74, 6) is 0.562. The number of hydrogen-bond acceptors (Lipinski definition) is 5. The van der Waals surface area contributed by atoms with Crippen LogP contribution in [0.15, 0.2) is 21.5 Å². The lowest BCUT2D eigenvalue weighted by molar-refractivity contribution is 0.0416. The van der Waals surface area contributed by atoms with Crippen molar-refractivity contribution in [1.29, 1.82) is 0 Å². The highest BCUT2D eigenvalue weighted by atomic mass is 16.5. The van der Waals surface area contributed by atoms with Gasteiger partial charge in [0.1, 0.15) is 0 Å². The van der Waals surface area contributed by atoms with Crippen LogP contribution < -0.4 is 5.56 Å². The number of amides is 1. The molecule has 4 rings (SSSR count). The van der Waals surface area contributed by atoms with E-state index in [9.17, 15) is 9.59 Å². The molecule has 1 fully saturated rings. The molecule has 1 amide bonds. The lowest BCUT2D eigenvalue weighted by Gasteiger charge is -2.38. The van der Waals surface area contributed by atoms with Crippen molar-refractivity contribution in [3.63, 3.8) is 0 Å². The van der Waals surface area contributed by atoms with Gasteiger partial charge < -0.3 is 9.42 Å². The largest absolute Gasteiger partial charge is 0.350 e. The molecule has 0 aromatic carbocycles. The minimum atomic E-state index is -0.109. The van der Waals surface area contributed by atoms with Gasteiger partial charge in [-0.25, -0.2) is 4.68 Å². The van der Waals surface area contributed by atoms with E-state index in [0.717, 1.165) is 42.6 Å². The van der Waals surface area contributed by atoms with Crippen molar-refractivity contribution in [3.8, 4) is 0 Å². The fourth-order valence-electron chi connectivity index (χ4n) is 3.78. The number of nitrogens with zero attached hydrogens (tertiary/aromatic N) is 4. The smallest absolute Gasteiger partial charge is 0.292 e. The third-order valence-electron chi connectivity index (χ3n) is 5.46. The molecule has 144 valence electrons. The first-order chi connectivity index (χ1) is 12.8. The second-order valence-corrected chi connectivity index (χ2v) is 8.71. The highest BCUT2D eigenvalue weighted by Gasteiger charge is 2.36. The Labute approximate surface area is 158 Å². The van der Waals surface area contributed by atoms with Crippen molar-refractivity contribution in [2.75, 3.05) is 13.1 Å². The van der Waals surface area contributed by atoms with Gasteiger partial charge in [-0.05, 0) is 31.7 Å². The Balaban J connectivity index is 1.41. The Hall–Kier alpha value is -2.44. The topological polar surface area (TPSA) is 81.2 Å². The number of aromatic nitrogens is 3. The first-order valence-electron chi connectivity index (χ1n) is 9.68. The van der Waals surface area contributed by atoms with Gasteiger partial charge in [-0.2, -0.15) is 5.10 Å². The van der Waals surface area contributed by atoms with Crippen molar-refractivity contribution in [1.82, 2.24) is 19.8 Å². The van der Waals surface area contributed by atoms with Gasteiger partial charge in [0, 0.05) is 36.1 Å². The third kappa shape index (κ3) is 3.42. The summed E-state index contributed by atoms with van der Waals surface area (Å²) >= 11 is 0. The van der Waals surface area contributed by atoms with Gasteiger partial charge in [0.15, 0.2) is 0 Å². The normalized spacial score (nSPS) is 17.5. The minimum Gasteiger partial charge on any atom is -0.350 e. The Morgan fingerprint density at radius 1 is 1.22 bits per heavy atom. The molecular formula is C20H26N4O3. The molecule has 27 heavy (non-hydrogen) atoms. The van der Waals surface area contributed by atoms with Crippen molar-refractivity contribution in [2.24, 2.45) is 5.92 Å². The number of rotatable bonds is 3. The van der Waals surface area contributed by atoms with Gasteiger partial charge in [-0.15, -0.1) is 0 Å². The van der Waals surface area contributed by atoms with Crippen LogP contribution in [0.4, 0.5) is 0 Å². The quantitative estimate of drug-likeness (QED) is 0.827. The van der Waals surface area contributed by atoms with Gasteiger partial charge in [0.2, 0.25) is 5.76 Å². The van der Waals surface area contributed by atoms with Crippen LogP contribution in [0.3, 0.4) is 0 Å². The van der Waals surface area contributed by atoms with Crippen LogP contribution in [0, 0.1) is 5.92 Å². The molecule has 2 aliphatic rings. The van der Waals surface area contributed by atoms with Crippen molar-refractivity contribution < 1.29 is 9.32 Å². The number of aryl methyl sites for hydroxylation is 1. The zero-order chi connectivity index (χ0) is 19.2. The van der Waals surface area contributed by atoms with E-state index >= 15 is 0 Å². The number of carbonyl (C=O) groups excluding carboxylic acids is 1. The zero-order valence-electron chi connectivity index (χ0n) is 16.2. The summed E-state index contributed by atoms with van der Waals surface area (Å²) in [6.45, 7) is 7.98. The molecule has 0 radical (unpaired) electrons. The lowest BCUT2D eigenvalue weighted by Crippen LogP contribution is -2.52. The second kappa shape index (κ2) is 6.62. The molecule has 2 aromatic rings. The van der Waals surface area contributed by atoms with Gasteiger partial charge >= 0.3 is 0 Å². The van der Waals surface area contributed by atoms with Gasteiger partial charge in [0.25, 0.3) is 11.5 Å². The molecule has 0 saturated carbocycles. The van der Waals surface area contributed by atoms with E-state index in [1.165, 1.54) is 4.68 Å². The number of hydrogen-bond donors (Lipinski definition) is 0. The summed E-state index contributed by atoms with van der Waals surface area (Å²) in [6, 6.07) is 3.37. The Morgan fingerprint density at radius 2 is 1.96 bits per heavy atom. The molecule has 7 nitrogen and oxygen atoms in total. The third-order valence-corrected chi connectivity index (χ3v) is 5.46. The highest BCUT2D eigenvalue weighted by molar-refractivity contribution is 5.93. The summed E-state index contributed by atoms with van der Waals surface area (Å²) in [5.41, 5.74) is 2.62. The average Bonchev–Trinajstić information content (AvgIpc) is 3.01. The molecule has 2 aromatic heterocycles. The van der Waals surface area contributed by atoms with Crippen LogP contribution in [0.2, 0.25) is 0 Å². The molecule has 3 heterocycles. The zero-order valence-corrected chi connectivity index (χ0v) is 16.2. The predicted molar refractivity (Wildman–Crippen MR) is 99.7 cm³/mol. The fourth-order valence-corrected chi connectivity index (χ4v) is 3.78. The summed E-state index contributed by atoms with van der Waals surface area (Å²) < 4.78 is 6.88. The Morgan fingerprint density at radius 3 is 2.70 bits per heavy atom. The van der Waals surface area contributed by atoms with Crippen LogP contribution in [0.1, 0.15) is 61.1 Å². The first kappa shape index (κ1) is 17.9. The summed E-state index contributed by atoms with van der Waals surface area (Å²) in [7, 11) is 0. The molecule has 1 saturated heterocycles. The molecule has 0 N–H and O–H groups in total. The summed E-state index contributed by atoms with van der Waals surface area (Å²) in [6.07, 6.45) is 3.95. The molecule has 0 bridgehead atoms. The molecule has 0 atom stereocenters. The van der Waals surface area contributed by atoms with Crippen molar-refractivity contribution in [2.45, 2.75) is 58.4 Å². The van der Waals surface area contributed by atoms with Gasteiger partial charge in [-0.3, -0.25) is 9.59 Å². The first-order valence-corrected chi connectivity index (χ1v) is 9.68. The minimum absolute atomic E-state index is 0.0781. The van der Waals surface area contributed by atoms with Gasteiger partial charge in [0.05, 0.1) is 17.9 Å². The molecule has 7 heteroatoms. The van der Waals surface area contributed by atoms with Gasteiger partial charge in [-0.1, -0.05) is 25.9 Å². The standard InChI is InChI=1S/C20H26N4O3/c1-20(2,3)16-8-9-17(25)24(21-16)12-13-10-23(11-13)19(26)18-14-6-4-5-7-15(14)22-27-18/h8-9,13H,4-7,10-12H2,1-3H3. The summed E-state index contributed by atoms with van der Waals surface area (Å²) in [4.78, 5) is 26.6. The fraction of sp³-hybridized carbons (Fsp3) is 0.600. The molecule has 1 aliphatic carbocycles. The van der Waals surface area contributed by atoms with E-state index < -0.39 is 0 Å². The molecule has 0 spiro atoms. The lowest BCUT2D eigenvalue weighted by atomic mass is 9.92. The number of fused-ring (bicyclic) bond motifs is 1. The molecule has 1 aliphatic heterocycles. The average molecular weight is 370 g/mol. The maximum Gasteiger partial charge on any atom is 0.292 e.